The van der Waals surface area contributed by atoms with Crippen molar-refractivity contribution in [1.29, 1.82) is 0 Å². The van der Waals surface area contributed by atoms with E-state index in [1.54, 1.807) is 6.20 Å². The van der Waals surface area contributed by atoms with Crippen LogP contribution in [0, 0.1) is 13.8 Å². The third-order valence-electron chi connectivity index (χ3n) is 3.19. The maximum Gasteiger partial charge on any atom is 0.249 e. The summed E-state index contributed by atoms with van der Waals surface area (Å²) in [5.41, 5.74) is 3.39. The quantitative estimate of drug-likeness (QED) is 0.872. The third-order valence-corrected chi connectivity index (χ3v) is 3.19. The van der Waals surface area contributed by atoms with Crippen molar-refractivity contribution >= 4 is 17.5 Å². The maximum atomic E-state index is 4.42. The maximum absolute atomic E-state index is 4.42. The Hall–Kier alpha value is -2.17. The molecule has 1 atom stereocenters. The molecule has 20 heavy (non-hydrogen) atoms. The molecule has 0 spiro atoms. The average molecular weight is 271 g/mol. The summed E-state index contributed by atoms with van der Waals surface area (Å²) in [4.78, 5) is 4.42. The van der Waals surface area contributed by atoms with Crippen LogP contribution < -0.4 is 10.6 Å². The Morgan fingerprint density at radius 1 is 1.25 bits per heavy atom. The molecule has 5 heteroatoms. The number of rotatable bonds is 5. The standard InChI is InChI=1S/C15H21N5/c1-5-12(4)17-14-9-16-20-15(19-14)18-13-7-6-10(2)8-11(13)3/h6-9,12H,5H2,1-4H3,(H2,17,18,19,20). The van der Waals surface area contributed by atoms with E-state index in [0.717, 1.165) is 23.5 Å². The highest BCUT2D eigenvalue weighted by atomic mass is 15.3. The van der Waals surface area contributed by atoms with Crippen LogP contribution in [-0.4, -0.2) is 21.2 Å². The first-order valence-corrected chi connectivity index (χ1v) is 6.89. The zero-order valence-electron chi connectivity index (χ0n) is 12.4. The lowest BCUT2D eigenvalue weighted by molar-refractivity contribution is 0.755. The van der Waals surface area contributed by atoms with Gasteiger partial charge in [0, 0.05) is 11.7 Å². The van der Waals surface area contributed by atoms with Gasteiger partial charge in [0.15, 0.2) is 5.82 Å². The summed E-state index contributed by atoms with van der Waals surface area (Å²) in [6, 6.07) is 6.57. The minimum absolute atomic E-state index is 0.362. The SMILES string of the molecule is CCC(C)Nc1cnnc(Nc2ccc(C)cc2C)n1. The average Bonchev–Trinajstić information content (AvgIpc) is 2.42. The largest absolute Gasteiger partial charge is 0.366 e. The zero-order valence-corrected chi connectivity index (χ0v) is 12.4. The Morgan fingerprint density at radius 2 is 2.05 bits per heavy atom. The molecule has 5 nitrogen and oxygen atoms in total. The monoisotopic (exact) mass is 271 g/mol. The van der Waals surface area contributed by atoms with Gasteiger partial charge >= 0.3 is 0 Å². The predicted octanol–water partition coefficient (Wildman–Crippen LogP) is 3.44. The van der Waals surface area contributed by atoms with E-state index < -0.39 is 0 Å². The predicted molar refractivity (Wildman–Crippen MR) is 82.4 cm³/mol. The van der Waals surface area contributed by atoms with Crippen LogP contribution in [0.25, 0.3) is 0 Å². The van der Waals surface area contributed by atoms with Gasteiger partial charge in [-0.3, -0.25) is 0 Å². The van der Waals surface area contributed by atoms with Crippen molar-refractivity contribution < 1.29 is 0 Å². The summed E-state index contributed by atoms with van der Waals surface area (Å²) in [6.45, 7) is 8.37. The van der Waals surface area contributed by atoms with Crippen LogP contribution in [0.5, 0.6) is 0 Å². The molecule has 2 aromatic rings. The molecule has 0 aliphatic rings. The van der Waals surface area contributed by atoms with E-state index in [4.69, 9.17) is 0 Å². The molecule has 2 N–H and O–H groups in total. The van der Waals surface area contributed by atoms with Gasteiger partial charge in [-0.05, 0) is 38.8 Å². The smallest absolute Gasteiger partial charge is 0.249 e. The first-order valence-electron chi connectivity index (χ1n) is 6.89. The second kappa shape index (κ2) is 6.32. The Labute approximate surface area is 119 Å². The second-order valence-corrected chi connectivity index (χ2v) is 5.06. The first kappa shape index (κ1) is 14.2. The van der Waals surface area contributed by atoms with Gasteiger partial charge in [0.1, 0.15) is 0 Å². The highest BCUT2D eigenvalue weighted by Gasteiger charge is 2.05. The molecule has 106 valence electrons. The Balaban J connectivity index is 2.15. The highest BCUT2D eigenvalue weighted by Crippen LogP contribution is 2.19. The van der Waals surface area contributed by atoms with Gasteiger partial charge in [-0.25, -0.2) is 0 Å². The van der Waals surface area contributed by atoms with Gasteiger partial charge < -0.3 is 10.6 Å². The van der Waals surface area contributed by atoms with Crippen LogP contribution in [0.15, 0.2) is 24.4 Å². The summed E-state index contributed by atoms with van der Waals surface area (Å²) in [6.07, 6.45) is 2.67. The Morgan fingerprint density at radius 3 is 2.75 bits per heavy atom. The van der Waals surface area contributed by atoms with Gasteiger partial charge in [0.25, 0.3) is 0 Å². The van der Waals surface area contributed by atoms with Crippen molar-refractivity contribution in [3.05, 3.63) is 35.5 Å². The summed E-state index contributed by atoms with van der Waals surface area (Å²) in [7, 11) is 0. The van der Waals surface area contributed by atoms with Crippen LogP contribution in [0.4, 0.5) is 17.5 Å². The van der Waals surface area contributed by atoms with Crippen molar-refractivity contribution in [2.45, 2.75) is 40.2 Å². The lowest BCUT2D eigenvalue weighted by atomic mass is 10.1. The van der Waals surface area contributed by atoms with Crippen molar-refractivity contribution in [1.82, 2.24) is 15.2 Å². The van der Waals surface area contributed by atoms with E-state index in [2.05, 4.69) is 65.6 Å². The van der Waals surface area contributed by atoms with Crippen LogP contribution in [-0.2, 0) is 0 Å². The van der Waals surface area contributed by atoms with E-state index >= 15 is 0 Å². The fraction of sp³-hybridized carbons (Fsp3) is 0.400. The minimum Gasteiger partial charge on any atom is -0.366 e. The van der Waals surface area contributed by atoms with E-state index in [1.165, 1.54) is 5.56 Å². The molecule has 1 aromatic heterocycles. The van der Waals surface area contributed by atoms with E-state index in [0.29, 0.717) is 12.0 Å². The van der Waals surface area contributed by atoms with Crippen LogP contribution in [0.3, 0.4) is 0 Å². The number of nitrogens with one attached hydrogen (secondary N) is 2. The van der Waals surface area contributed by atoms with Crippen LogP contribution in [0.2, 0.25) is 0 Å². The highest BCUT2D eigenvalue weighted by molar-refractivity contribution is 5.59. The molecule has 0 aliphatic carbocycles. The summed E-state index contributed by atoms with van der Waals surface area (Å²) in [5, 5.41) is 14.5. The molecule has 0 fully saturated rings. The van der Waals surface area contributed by atoms with Crippen LogP contribution in [0.1, 0.15) is 31.4 Å². The lowest BCUT2D eigenvalue weighted by Crippen LogP contribution is -2.15. The molecular formula is C15H21N5. The number of hydrogen-bond donors (Lipinski definition) is 2. The molecule has 0 amide bonds. The molecule has 0 radical (unpaired) electrons. The second-order valence-electron chi connectivity index (χ2n) is 5.06. The number of anilines is 3. The van der Waals surface area contributed by atoms with Crippen molar-refractivity contribution in [2.75, 3.05) is 10.6 Å². The number of nitrogens with zero attached hydrogens (tertiary/aromatic N) is 3. The molecule has 1 aromatic carbocycles. The zero-order chi connectivity index (χ0) is 14.5. The molecular weight excluding hydrogens is 250 g/mol. The fourth-order valence-electron chi connectivity index (χ4n) is 1.85. The van der Waals surface area contributed by atoms with E-state index in [1.807, 2.05) is 6.07 Å². The fourth-order valence-corrected chi connectivity index (χ4v) is 1.85. The minimum atomic E-state index is 0.362. The van der Waals surface area contributed by atoms with Gasteiger partial charge in [0.05, 0.1) is 6.20 Å². The van der Waals surface area contributed by atoms with Crippen LogP contribution >= 0.6 is 0 Å². The van der Waals surface area contributed by atoms with Gasteiger partial charge in [-0.2, -0.15) is 10.1 Å². The van der Waals surface area contributed by atoms with Gasteiger partial charge in [-0.1, -0.05) is 24.6 Å². The summed E-state index contributed by atoms with van der Waals surface area (Å²) in [5.74, 6) is 1.24. The molecule has 0 aliphatic heterocycles. The first-order chi connectivity index (χ1) is 9.58. The lowest BCUT2D eigenvalue weighted by Gasteiger charge is -2.13. The van der Waals surface area contributed by atoms with E-state index in [9.17, 15) is 0 Å². The Bertz CT molecular complexity index is 582. The summed E-state index contributed by atoms with van der Waals surface area (Å²) < 4.78 is 0. The number of aryl methyl sites for hydroxylation is 2. The van der Waals surface area contributed by atoms with E-state index in [-0.39, 0.29) is 0 Å². The molecule has 0 saturated carbocycles. The topological polar surface area (TPSA) is 62.7 Å². The number of hydrogen-bond acceptors (Lipinski definition) is 5. The summed E-state index contributed by atoms with van der Waals surface area (Å²) >= 11 is 0. The molecule has 0 saturated heterocycles. The van der Waals surface area contributed by atoms with Crippen molar-refractivity contribution in [2.24, 2.45) is 0 Å². The van der Waals surface area contributed by atoms with Crippen molar-refractivity contribution in [3.8, 4) is 0 Å². The molecule has 2 rings (SSSR count). The van der Waals surface area contributed by atoms with Crippen molar-refractivity contribution in [3.63, 3.8) is 0 Å². The normalized spacial score (nSPS) is 12.0. The number of aromatic nitrogens is 3. The van der Waals surface area contributed by atoms with Gasteiger partial charge in [-0.15, -0.1) is 5.10 Å². The van der Waals surface area contributed by atoms with Gasteiger partial charge in [0.2, 0.25) is 5.95 Å². The molecule has 1 heterocycles. The third kappa shape index (κ3) is 3.66. The Kier molecular flexibility index (Phi) is 4.50. The number of benzene rings is 1. The molecule has 0 bridgehead atoms. The molecule has 1 unspecified atom stereocenters.